The molecule has 0 atom stereocenters. The number of carbonyl (C=O) groups excluding carboxylic acids is 3. The van der Waals surface area contributed by atoms with Gasteiger partial charge in [0.15, 0.2) is 36.5 Å². The van der Waals surface area contributed by atoms with Gasteiger partial charge in [-0.15, -0.1) is 0 Å². The molecule has 0 radical (unpaired) electrons. The van der Waals surface area contributed by atoms with Crippen molar-refractivity contribution in [3.8, 4) is 11.5 Å². The molecule has 6 rings (SSSR count). The zero-order chi connectivity index (χ0) is 31.3. The maximum atomic E-state index is 13.1. The van der Waals surface area contributed by atoms with Crippen molar-refractivity contribution in [2.24, 2.45) is 0 Å². The second-order valence-corrected chi connectivity index (χ2v) is 8.85. The molecule has 0 aliphatic carbocycles. The van der Waals surface area contributed by atoms with Gasteiger partial charge in [-0.3, -0.25) is 14.4 Å². The van der Waals surface area contributed by atoms with Crippen LogP contribution in [0.1, 0.15) is 48.9 Å². The lowest BCUT2D eigenvalue weighted by molar-refractivity contribution is 0.0691. The predicted molar refractivity (Wildman–Crippen MR) is 151 cm³/mol. The third kappa shape index (κ3) is 7.37. The Bertz CT molecular complexity index is 1760. The highest BCUT2D eigenvalue weighted by Crippen LogP contribution is 2.30. The monoisotopic (exact) mass is 612 g/mol. The van der Waals surface area contributed by atoms with Gasteiger partial charge in [-0.05, 0) is 54.6 Å². The first-order valence-corrected chi connectivity index (χ1v) is 12.2. The molecule has 4 aromatic rings. The summed E-state index contributed by atoms with van der Waals surface area (Å²) in [5, 5.41) is 11.2. The summed E-state index contributed by atoms with van der Waals surface area (Å²) in [6, 6.07) is 15.4. The lowest BCUT2D eigenvalue weighted by Crippen LogP contribution is -2.13. The van der Waals surface area contributed by atoms with Gasteiger partial charge in [0.1, 0.15) is 17.1 Å². The number of nitrogen functional groups attached to an aromatic ring is 1. The average Bonchev–Trinajstić information content (AvgIpc) is 3.55. The number of carboxylic acid groups (broad SMARTS) is 1. The van der Waals surface area contributed by atoms with Crippen molar-refractivity contribution in [3.63, 3.8) is 0 Å². The first-order valence-electron chi connectivity index (χ1n) is 12.2. The fourth-order valence-corrected chi connectivity index (χ4v) is 3.89. The van der Waals surface area contributed by atoms with Gasteiger partial charge in [0.25, 0.3) is 5.91 Å². The van der Waals surface area contributed by atoms with Crippen LogP contribution in [0, 0.1) is 23.3 Å². The molecule has 4 N–H and O–H groups in total. The van der Waals surface area contributed by atoms with Crippen molar-refractivity contribution in [1.29, 1.82) is 0 Å². The number of aromatic carboxylic acids is 1. The minimum atomic E-state index is -1.08. The molecule has 9 nitrogen and oxygen atoms in total. The molecule has 2 aliphatic heterocycles. The molecule has 0 saturated carbocycles. The molecule has 4 aromatic carbocycles. The van der Waals surface area contributed by atoms with Crippen LogP contribution in [0.15, 0.2) is 72.8 Å². The van der Waals surface area contributed by atoms with Crippen LogP contribution in [-0.2, 0) is 0 Å². The first kappa shape index (κ1) is 32.8. The normalized spacial score (nSPS) is 12.1. The van der Waals surface area contributed by atoms with Crippen molar-refractivity contribution in [2.75, 3.05) is 24.3 Å². The number of Topliss-reactive ketones (excluding diaryl/α,β-unsaturated/α-hetero) is 2. The number of fused-ring (bicyclic) bond motifs is 2. The fourth-order valence-electron chi connectivity index (χ4n) is 3.89. The highest BCUT2D eigenvalue weighted by molar-refractivity contribution is 6.11. The highest BCUT2D eigenvalue weighted by atomic mass is 19.2. The Kier molecular flexibility index (Phi) is 10.4. The van der Waals surface area contributed by atoms with Crippen molar-refractivity contribution < 1.29 is 51.3 Å². The van der Waals surface area contributed by atoms with Gasteiger partial charge in [-0.2, -0.15) is 0 Å². The van der Waals surface area contributed by atoms with Gasteiger partial charge in [0.05, 0.1) is 16.7 Å². The number of anilines is 2. The molecule has 0 spiro atoms. The Morgan fingerprint density at radius 1 is 0.705 bits per heavy atom. The number of para-hydroxylation sites is 2. The lowest BCUT2D eigenvalue weighted by Gasteiger charge is -2.08. The van der Waals surface area contributed by atoms with Gasteiger partial charge in [0.2, 0.25) is 11.6 Å². The lowest BCUT2D eigenvalue weighted by atomic mass is 10.1. The summed E-state index contributed by atoms with van der Waals surface area (Å²) in [5.74, 6) is -5.44. The standard InChI is InChI=1S/C15H9F2NO3.C9H6O4.C6H5F2N.CH4/c16-11-5-4-8(6-12(11)17)18-15(20)10-3-1-2-9-13(19)7-21-14(9)10;10-7-4-13-8-5(7)2-1-3-6(8)9(11)12;7-5-2-1-4(9)3-6(5)8;/h1-6H,7H2,(H,18,20);1-3H,4H2,(H,11,12);1-3H,9H2;1H4. The van der Waals surface area contributed by atoms with E-state index >= 15 is 0 Å². The van der Waals surface area contributed by atoms with Gasteiger partial charge in [-0.1, -0.05) is 19.6 Å². The molecule has 44 heavy (non-hydrogen) atoms. The van der Waals surface area contributed by atoms with E-state index in [0.717, 1.165) is 24.3 Å². The van der Waals surface area contributed by atoms with E-state index in [1.54, 1.807) is 18.2 Å². The number of hydrogen-bond acceptors (Lipinski definition) is 7. The molecule has 2 aliphatic rings. The number of carbonyl (C=O) groups is 4. The van der Waals surface area contributed by atoms with E-state index in [1.807, 2.05) is 0 Å². The second-order valence-electron chi connectivity index (χ2n) is 8.85. The van der Waals surface area contributed by atoms with E-state index in [-0.39, 0.29) is 66.2 Å². The summed E-state index contributed by atoms with van der Waals surface area (Å²) in [6.07, 6.45) is 0. The van der Waals surface area contributed by atoms with E-state index < -0.39 is 35.1 Å². The molecule has 0 aromatic heterocycles. The summed E-state index contributed by atoms with van der Waals surface area (Å²) >= 11 is 0. The smallest absolute Gasteiger partial charge is 0.339 e. The Balaban J connectivity index is 0.000000197. The van der Waals surface area contributed by atoms with Gasteiger partial charge >= 0.3 is 5.97 Å². The molecule has 2 heterocycles. The number of benzene rings is 4. The van der Waals surface area contributed by atoms with E-state index in [9.17, 15) is 36.7 Å². The van der Waals surface area contributed by atoms with Crippen LogP contribution in [0.25, 0.3) is 0 Å². The minimum Gasteiger partial charge on any atom is -0.484 e. The summed E-state index contributed by atoms with van der Waals surface area (Å²) < 4.78 is 60.3. The molecule has 228 valence electrons. The number of amides is 1. The van der Waals surface area contributed by atoms with E-state index in [0.29, 0.717) is 11.1 Å². The largest absolute Gasteiger partial charge is 0.484 e. The molecular weight excluding hydrogens is 588 g/mol. The summed E-state index contributed by atoms with van der Waals surface area (Å²) in [6.45, 7) is -0.162. The van der Waals surface area contributed by atoms with Gasteiger partial charge in [0, 0.05) is 17.4 Å². The third-order valence-electron chi connectivity index (χ3n) is 5.92. The van der Waals surface area contributed by atoms with Crippen LogP contribution in [0.5, 0.6) is 11.5 Å². The number of ether oxygens (including phenoxy) is 2. The van der Waals surface area contributed by atoms with Crippen LogP contribution in [0.4, 0.5) is 28.9 Å². The average molecular weight is 613 g/mol. The number of hydrogen-bond donors (Lipinski definition) is 3. The molecule has 13 heteroatoms. The van der Waals surface area contributed by atoms with Crippen LogP contribution >= 0.6 is 0 Å². The SMILES string of the molecule is C.Nc1ccc(F)c(F)c1.O=C(O)c1cccc2c1OCC2=O.O=C1COc2c1cccc2C(=O)Nc1ccc(F)c(F)c1. The maximum Gasteiger partial charge on any atom is 0.339 e. The van der Waals surface area contributed by atoms with Crippen molar-refractivity contribution >= 4 is 34.8 Å². The molecule has 1 amide bonds. The Morgan fingerprint density at radius 2 is 1.20 bits per heavy atom. The quantitative estimate of drug-likeness (QED) is 0.191. The van der Waals surface area contributed by atoms with Gasteiger partial charge in [-0.25, -0.2) is 22.4 Å². The second kappa shape index (κ2) is 14.0. The number of halogens is 4. The molecular formula is C31H24F4N2O7. The van der Waals surface area contributed by atoms with Crippen LogP contribution in [-0.4, -0.2) is 41.8 Å². The van der Waals surface area contributed by atoms with Crippen LogP contribution < -0.4 is 20.5 Å². The molecule has 0 unspecified atom stereocenters. The van der Waals surface area contributed by atoms with Gasteiger partial charge < -0.3 is 25.6 Å². The van der Waals surface area contributed by atoms with Crippen molar-refractivity contribution in [2.45, 2.75) is 7.43 Å². The summed E-state index contributed by atoms with van der Waals surface area (Å²) in [4.78, 5) is 45.5. The van der Waals surface area contributed by atoms with E-state index in [1.165, 1.54) is 30.3 Å². The zero-order valence-corrected chi connectivity index (χ0v) is 21.8. The van der Waals surface area contributed by atoms with Crippen LogP contribution in [0.2, 0.25) is 0 Å². The fraction of sp³-hybridized carbons (Fsp3) is 0.0968. The highest BCUT2D eigenvalue weighted by Gasteiger charge is 2.27. The number of rotatable bonds is 3. The Labute approximate surface area is 247 Å². The van der Waals surface area contributed by atoms with Crippen molar-refractivity contribution in [1.82, 2.24) is 0 Å². The zero-order valence-electron chi connectivity index (χ0n) is 21.8. The predicted octanol–water partition coefficient (Wildman–Crippen LogP) is 5.94. The number of nitrogens with one attached hydrogen (secondary N) is 1. The Morgan fingerprint density at radius 3 is 1.70 bits per heavy atom. The maximum absolute atomic E-state index is 13.1. The van der Waals surface area contributed by atoms with E-state index in [2.05, 4.69) is 5.32 Å². The van der Waals surface area contributed by atoms with Crippen LogP contribution in [0.3, 0.4) is 0 Å². The third-order valence-corrected chi connectivity index (χ3v) is 5.92. The first-order chi connectivity index (χ1) is 20.5. The Hall–Kier alpha value is -5.72. The number of nitrogens with two attached hydrogens (primary N) is 1. The molecule has 0 fully saturated rings. The summed E-state index contributed by atoms with van der Waals surface area (Å²) in [7, 11) is 0. The molecule has 0 saturated heterocycles. The summed E-state index contributed by atoms with van der Waals surface area (Å²) in [5.41, 5.74) is 6.38. The topological polar surface area (TPSA) is 145 Å². The van der Waals surface area contributed by atoms with Crippen molar-refractivity contribution in [3.05, 3.63) is 118 Å². The number of ketones is 2. The van der Waals surface area contributed by atoms with E-state index in [4.69, 9.17) is 20.3 Å². The number of carboxylic acids is 1. The minimum absolute atomic E-state index is 0. The molecule has 0 bridgehead atoms.